The fraction of sp³-hybridized carbons (Fsp3) is 0.333. The predicted molar refractivity (Wildman–Crippen MR) is 92.1 cm³/mol. The average molecular weight is 303 g/mol. The Balaban J connectivity index is 2.10. The van der Waals surface area contributed by atoms with Crippen LogP contribution in [0.4, 0.5) is 5.69 Å². The number of hydrogen-bond acceptors (Lipinski definition) is 2. The first-order valence-corrected chi connectivity index (χ1v) is 7.64. The van der Waals surface area contributed by atoms with E-state index in [-0.39, 0.29) is 6.04 Å². The van der Waals surface area contributed by atoms with Crippen molar-refractivity contribution in [2.45, 2.75) is 32.9 Å². The SMILES string of the molecule is Cc1ccc(CN(C)c2ccc(CC(C)N)c(Cl)c2)cc1. The Labute approximate surface area is 132 Å². The van der Waals surface area contributed by atoms with Gasteiger partial charge in [0.15, 0.2) is 0 Å². The zero-order valence-electron chi connectivity index (χ0n) is 12.9. The summed E-state index contributed by atoms with van der Waals surface area (Å²) in [6.45, 7) is 4.96. The molecule has 0 aliphatic rings. The van der Waals surface area contributed by atoms with Gasteiger partial charge in [-0.05, 0) is 43.5 Å². The third-order valence-electron chi connectivity index (χ3n) is 3.56. The molecule has 2 rings (SSSR count). The molecule has 112 valence electrons. The van der Waals surface area contributed by atoms with Crippen molar-refractivity contribution in [1.29, 1.82) is 0 Å². The molecule has 0 aliphatic carbocycles. The normalized spacial score (nSPS) is 12.2. The van der Waals surface area contributed by atoms with Crippen molar-refractivity contribution in [3.05, 3.63) is 64.2 Å². The van der Waals surface area contributed by atoms with Crippen molar-refractivity contribution >= 4 is 17.3 Å². The minimum Gasteiger partial charge on any atom is -0.370 e. The topological polar surface area (TPSA) is 29.3 Å². The van der Waals surface area contributed by atoms with Gasteiger partial charge >= 0.3 is 0 Å². The Morgan fingerprint density at radius 3 is 2.38 bits per heavy atom. The molecule has 3 heteroatoms. The molecule has 0 radical (unpaired) electrons. The molecule has 0 spiro atoms. The second-order valence-corrected chi connectivity index (χ2v) is 6.21. The lowest BCUT2D eigenvalue weighted by Gasteiger charge is -2.21. The van der Waals surface area contributed by atoms with Crippen LogP contribution in [0.5, 0.6) is 0 Å². The first-order chi connectivity index (χ1) is 9.95. The molecule has 2 aromatic carbocycles. The summed E-state index contributed by atoms with van der Waals surface area (Å²) in [5.74, 6) is 0. The number of halogens is 1. The fourth-order valence-corrected chi connectivity index (χ4v) is 2.60. The van der Waals surface area contributed by atoms with E-state index in [0.29, 0.717) is 0 Å². The Hall–Kier alpha value is -1.51. The first-order valence-electron chi connectivity index (χ1n) is 7.26. The summed E-state index contributed by atoms with van der Waals surface area (Å²) in [6, 6.07) is 14.9. The average Bonchev–Trinajstić information content (AvgIpc) is 2.43. The quantitative estimate of drug-likeness (QED) is 0.898. The van der Waals surface area contributed by atoms with E-state index in [9.17, 15) is 0 Å². The molecule has 2 nitrogen and oxygen atoms in total. The van der Waals surface area contributed by atoms with Crippen LogP contribution in [0.25, 0.3) is 0 Å². The van der Waals surface area contributed by atoms with E-state index in [4.69, 9.17) is 17.3 Å². The van der Waals surface area contributed by atoms with Crippen molar-refractivity contribution in [2.24, 2.45) is 5.73 Å². The van der Waals surface area contributed by atoms with Crippen LogP contribution in [0.2, 0.25) is 5.02 Å². The van der Waals surface area contributed by atoms with Gasteiger partial charge in [-0.25, -0.2) is 0 Å². The second-order valence-electron chi connectivity index (χ2n) is 5.80. The molecule has 0 aromatic heterocycles. The highest BCUT2D eigenvalue weighted by atomic mass is 35.5. The summed E-state index contributed by atoms with van der Waals surface area (Å²) in [6.07, 6.45) is 0.806. The Kier molecular flexibility index (Phi) is 5.27. The van der Waals surface area contributed by atoms with E-state index in [2.05, 4.69) is 55.3 Å². The van der Waals surface area contributed by atoms with Gasteiger partial charge in [0.1, 0.15) is 0 Å². The number of benzene rings is 2. The monoisotopic (exact) mass is 302 g/mol. The van der Waals surface area contributed by atoms with Gasteiger partial charge in [-0.3, -0.25) is 0 Å². The van der Waals surface area contributed by atoms with E-state index in [1.165, 1.54) is 11.1 Å². The number of anilines is 1. The molecule has 1 unspecified atom stereocenters. The number of hydrogen-bond donors (Lipinski definition) is 1. The van der Waals surface area contributed by atoms with Gasteiger partial charge in [0.25, 0.3) is 0 Å². The number of aryl methyl sites for hydroxylation is 1. The van der Waals surface area contributed by atoms with Crippen molar-refractivity contribution in [2.75, 3.05) is 11.9 Å². The van der Waals surface area contributed by atoms with E-state index in [1.54, 1.807) is 0 Å². The molecule has 0 saturated carbocycles. The highest BCUT2D eigenvalue weighted by molar-refractivity contribution is 6.31. The molecule has 0 aliphatic heterocycles. The molecular weight excluding hydrogens is 280 g/mol. The summed E-state index contributed by atoms with van der Waals surface area (Å²) in [7, 11) is 2.08. The smallest absolute Gasteiger partial charge is 0.0459 e. The standard InChI is InChI=1S/C18H23ClN2/c1-13-4-6-15(7-5-13)12-21(3)17-9-8-16(10-14(2)20)18(19)11-17/h4-9,11,14H,10,12,20H2,1-3H3. The summed E-state index contributed by atoms with van der Waals surface area (Å²) in [5.41, 5.74) is 10.6. The van der Waals surface area contributed by atoms with Gasteiger partial charge in [0.05, 0.1) is 0 Å². The van der Waals surface area contributed by atoms with Crippen LogP contribution in [0.15, 0.2) is 42.5 Å². The maximum absolute atomic E-state index is 6.36. The largest absolute Gasteiger partial charge is 0.370 e. The van der Waals surface area contributed by atoms with Gasteiger partial charge in [0, 0.05) is 30.3 Å². The molecular formula is C18H23ClN2. The van der Waals surface area contributed by atoms with Crippen LogP contribution in [-0.4, -0.2) is 13.1 Å². The zero-order chi connectivity index (χ0) is 15.4. The van der Waals surface area contributed by atoms with Gasteiger partial charge in [0.2, 0.25) is 0 Å². The second kappa shape index (κ2) is 6.97. The van der Waals surface area contributed by atoms with Gasteiger partial charge < -0.3 is 10.6 Å². The van der Waals surface area contributed by atoms with Crippen molar-refractivity contribution in [1.82, 2.24) is 0 Å². The molecule has 0 heterocycles. The third kappa shape index (κ3) is 4.48. The fourth-order valence-electron chi connectivity index (χ4n) is 2.34. The predicted octanol–water partition coefficient (Wildman–Crippen LogP) is 4.17. The number of nitrogens with two attached hydrogens (primary N) is 1. The van der Waals surface area contributed by atoms with Crippen LogP contribution in [0.3, 0.4) is 0 Å². The van der Waals surface area contributed by atoms with Crippen LogP contribution in [0.1, 0.15) is 23.6 Å². The van der Waals surface area contributed by atoms with Crippen LogP contribution >= 0.6 is 11.6 Å². The lowest BCUT2D eigenvalue weighted by Crippen LogP contribution is -2.19. The van der Waals surface area contributed by atoms with Gasteiger partial charge in [-0.15, -0.1) is 0 Å². The summed E-state index contributed by atoms with van der Waals surface area (Å²) in [5, 5.41) is 0.792. The van der Waals surface area contributed by atoms with Gasteiger partial charge in [-0.1, -0.05) is 47.5 Å². The summed E-state index contributed by atoms with van der Waals surface area (Å²) < 4.78 is 0. The molecule has 2 aromatic rings. The molecule has 0 amide bonds. The van der Waals surface area contributed by atoms with Crippen LogP contribution in [-0.2, 0) is 13.0 Å². The van der Waals surface area contributed by atoms with E-state index in [0.717, 1.165) is 29.2 Å². The molecule has 0 bridgehead atoms. The molecule has 2 N–H and O–H groups in total. The zero-order valence-corrected chi connectivity index (χ0v) is 13.7. The lowest BCUT2D eigenvalue weighted by atomic mass is 10.1. The maximum Gasteiger partial charge on any atom is 0.0459 e. The van der Waals surface area contributed by atoms with E-state index >= 15 is 0 Å². The minimum absolute atomic E-state index is 0.124. The highest BCUT2D eigenvalue weighted by Crippen LogP contribution is 2.25. The maximum atomic E-state index is 6.36. The lowest BCUT2D eigenvalue weighted by molar-refractivity contribution is 0.738. The molecule has 0 fully saturated rings. The summed E-state index contributed by atoms with van der Waals surface area (Å²) >= 11 is 6.36. The summed E-state index contributed by atoms with van der Waals surface area (Å²) in [4.78, 5) is 2.20. The number of rotatable bonds is 5. The Morgan fingerprint density at radius 2 is 1.81 bits per heavy atom. The Morgan fingerprint density at radius 1 is 1.14 bits per heavy atom. The Bertz CT molecular complexity index is 591. The minimum atomic E-state index is 0.124. The molecule has 21 heavy (non-hydrogen) atoms. The third-order valence-corrected chi connectivity index (χ3v) is 3.91. The van der Waals surface area contributed by atoms with Crippen molar-refractivity contribution < 1.29 is 0 Å². The van der Waals surface area contributed by atoms with E-state index in [1.807, 2.05) is 13.0 Å². The van der Waals surface area contributed by atoms with Crippen molar-refractivity contribution in [3.63, 3.8) is 0 Å². The van der Waals surface area contributed by atoms with Crippen molar-refractivity contribution in [3.8, 4) is 0 Å². The first kappa shape index (κ1) is 15.9. The van der Waals surface area contributed by atoms with Crippen LogP contribution in [0, 0.1) is 6.92 Å². The molecule has 0 saturated heterocycles. The highest BCUT2D eigenvalue weighted by Gasteiger charge is 2.07. The van der Waals surface area contributed by atoms with Gasteiger partial charge in [-0.2, -0.15) is 0 Å². The van der Waals surface area contributed by atoms with E-state index < -0.39 is 0 Å². The van der Waals surface area contributed by atoms with Crippen LogP contribution < -0.4 is 10.6 Å². The molecule has 1 atom stereocenters. The number of nitrogens with zero attached hydrogens (tertiary/aromatic N) is 1.